The van der Waals surface area contributed by atoms with Crippen LogP contribution in [0.5, 0.6) is 11.5 Å². The molecule has 0 fully saturated rings. The van der Waals surface area contributed by atoms with E-state index in [0.29, 0.717) is 17.3 Å². The minimum Gasteiger partial charge on any atom is -0.484 e. The lowest BCUT2D eigenvalue weighted by Gasteiger charge is -2.09. The number of aromatic nitrogens is 4. The Labute approximate surface area is 149 Å². The Balaban J connectivity index is 1.62. The zero-order valence-corrected chi connectivity index (χ0v) is 13.4. The van der Waals surface area contributed by atoms with Gasteiger partial charge in [-0.3, -0.25) is 0 Å². The van der Waals surface area contributed by atoms with Crippen LogP contribution < -0.4 is 9.47 Å². The highest BCUT2D eigenvalue weighted by atomic mass is 19.4. The predicted octanol–water partition coefficient (Wildman–Crippen LogP) is 2.84. The van der Waals surface area contributed by atoms with Gasteiger partial charge in [0.1, 0.15) is 30.1 Å². The summed E-state index contributed by atoms with van der Waals surface area (Å²) in [4.78, 5) is 18.5. The van der Waals surface area contributed by atoms with Crippen molar-refractivity contribution in [1.82, 2.24) is 19.7 Å². The van der Waals surface area contributed by atoms with Crippen LogP contribution in [0.4, 0.5) is 13.2 Å². The summed E-state index contributed by atoms with van der Waals surface area (Å²) in [5, 5.41) is 12.9. The van der Waals surface area contributed by atoms with E-state index < -0.39 is 12.3 Å². The van der Waals surface area contributed by atoms with E-state index in [-0.39, 0.29) is 18.1 Å². The molecule has 0 saturated heterocycles. The lowest BCUT2D eigenvalue weighted by atomic mass is 10.3. The highest BCUT2D eigenvalue weighted by Crippen LogP contribution is 2.23. The van der Waals surface area contributed by atoms with Crippen LogP contribution in [0.1, 0.15) is 16.3 Å². The van der Waals surface area contributed by atoms with Crippen LogP contribution in [-0.2, 0) is 6.61 Å². The van der Waals surface area contributed by atoms with E-state index in [1.165, 1.54) is 41.5 Å². The summed E-state index contributed by atoms with van der Waals surface area (Å²) in [5.41, 5.74) is 0.374. The first-order chi connectivity index (χ1) is 12.8. The van der Waals surface area contributed by atoms with Crippen LogP contribution in [0.25, 0.3) is 5.69 Å². The Hall–Kier alpha value is -3.63. The number of halogens is 3. The fraction of sp³-hybridized carbons (Fsp3) is 0.125. The Bertz CT molecular complexity index is 924. The van der Waals surface area contributed by atoms with Crippen molar-refractivity contribution < 1.29 is 32.5 Å². The van der Waals surface area contributed by atoms with E-state index in [0.717, 1.165) is 12.1 Å². The van der Waals surface area contributed by atoms with Gasteiger partial charge < -0.3 is 14.6 Å². The van der Waals surface area contributed by atoms with Crippen LogP contribution >= 0.6 is 0 Å². The molecule has 1 aromatic carbocycles. The van der Waals surface area contributed by atoms with Crippen LogP contribution in [0.3, 0.4) is 0 Å². The molecule has 140 valence electrons. The third kappa shape index (κ3) is 4.93. The number of hydrogen-bond acceptors (Lipinski definition) is 6. The normalized spacial score (nSPS) is 11.2. The van der Waals surface area contributed by atoms with Crippen molar-refractivity contribution in [2.45, 2.75) is 13.0 Å². The van der Waals surface area contributed by atoms with E-state index in [9.17, 15) is 18.0 Å². The molecule has 3 rings (SSSR count). The molecule has 0 aliphatic heterocycles. The molecule has 27 heavy (non-hydrogen) atoms. The smallest absolute Gasteiger partial charge is 0.484 e. The number of rotatable bonds is 6. The summed E-state index contributed by atoms with van der Waals surface area (Å²) in [5.74, 6) is -0.834. The largest absolute Gasteiger partial charge is 0.573 e. The maximum absolute atomic E-state index is 12.2. The van der Waals surface area contributed by atoms with Crippen LogP contribution in [0, 0.1) is 0 Å². The number of benzene rings is 1. The second-order valence-corrected chi connectivity index (χ2v) is 5.12. The second kappa shape index (κ2) is 7.32. The van der Waals surface area contributed by atoms with Gasteiger partial charge in [-0.05, 0) is 36.4 Å². The van der Waals surface area contributed by atoms with Crippen molar-refractivity contribution in [2.75, 3.05) is 0 Å². The zero-order chi connectivity index (χ0) is 19.4. The Morgan fingerprint density at radius 2 is 1.78 bits per heavy atom. The van der Waals surface area contributed by atoms with E-state index in [2.05, 4.69) is 19.8 Å². The Morgan fingerprint density at radius 1 is 1.07 bits per heavy atom. The molecule has 0 saturated carbocycles. The van der Waals surface area contributed by atoms with Gasteiger partial charge in [0.2, 0.25) is 0 Å². The van der Waals surface area contributed by atoms with Gasteiger partial charge in [-0.1, -0.05) is 0 Å². The van der Waals surface area contributed by atoms with E-state index in [1.807, 2.05) is 0 Å². The van der Waals surface area contributed by atoms with Gasteiger partial charge in [0.05, 0.1) is 11.9 Å². The van der Waals surface area contributed by atoms with Crippen molar-refractivity contribution in [3.05, 3.63) is 60.4 Å². The SMILES string of the molecule is O=C(O)c1ccc(OCc2ncn(-c3ccc(OC(F)(F)F)cc3)n2)cn1. The molecule has 11 heteroatoms. The number of carboxylic acids is 1. The first kappa shape index (κ1) is 18.2. The molecule has 2 heterocycles. The van der Waals surface area contributed by atoms with Crippen LogP contribution in [0.2, 0.25) is 0 Å². The molecule has 0 amide bonds. The number of carbonyl (C=O) groups is 1. The molecule has 0 spiro atoms. The van der Waals surface area contributed by atoms with Gasteiger partial charge in [-0.25, -0.2) is 19.4 Å². The van der Waals surface area contributed by atoms with E-state index in [1.54, 1.807) is 0 Å². The van der Waals surface area contributed by atoms with Gasteiger partial charge >= 0.3 is 12.3 Å². The summed E-state index contributed by atoms with van der Waals surface area (Å²) >= 11 is 0. The average Bonchev–Trinajstić information content (AvgIpc) is 3.08. The van der Waals surface area contributed by atoms with Gasteiger partial charge in [0.15, 0.2) is 5.82 Å². The van der Waals surface area contributed by atoms with Gasteiger partial charge in [-0.15, -0.1) is 18.3 Å². The molecule has 0 bridgehead atoms. The average molecular weight is 380 g/mol. The highest BCUT2D eigenvalue weighted by Gasteiger charge is 2.30. The first-order valence-electron chi connectivity index (χ1n) is 7.39. The quantitative estimate of drug-likeness (QED) is 0.702. The highest BCUT2D eigenvalue weighted by molar-refractivity contribution is 5.85. The standard InChI is InChI=1S/C16H11F3N4O4/c17-16(18,19)27-11-3-1-10(2-4-11)23-9-21-14(22-23)8-26-12-5-6-13(15(24)25)20-7-12/h1-7,9H,8H2,(H,24,25). The van der Waals surface area contributed by atoms with Crippen molar-refractivity contribution in [3.63, 3.8) is 0 Å². The molecular weight excluding hydrogens is 369 g/mol. The number of nitrogens with zero attached hydrogens (tertiary/aromatic N) is 4. The van der Waals surface area contributed by atoms with E-state index in [4.69, 9.17) is 9.84 Å². The number of alkyl halides is 3. The molecule has 1 N–H and O–H groups in total. The van der Waals surface area contributed by atoms with Crippen LogP contribution in [0.15, 0.2) is 48.9 Å². The third-order valence-corrected chi connectivity index (χ3v) is 3.20. The summed E-state index contributed by atoms with van der Waals surface area (Å²) in [6, 6.07) is 7.87. The molecule has 0 radical (unpaired) electrons. The first-order valence-corrected chi connectivity index (χ1v) is 7.39. The molecule has 0 atom stereocenters. The van der Waals surface area contributed by atoms with Gasteiger partial charge in [0.25, 0.3) is 0 Å². The molecule has 0 unspecified atom stereocenters. The maximum atomic E-state index is 12.2. The monoisotopic (exact) mass is 380 g/mol. The number of hydrogen-bond donors (Lipinski definition) is 1. The van der Waals surface area contributed by atoms with Gasteiger partial charge in [-0.2, -0.15) is 0 Å². The second-order valence-electron chi connectivity index (χ2n) is 5.12. The Morgan fingerprint density at radius 3 is 2.37 bits per heavy atom. The zero-order valence-electron chi connectivity index (χ0n) is 13.4. The minimum absolute atomic E-state index is 0.00360. The van der Waals surface area contributed by atoms with E-state index >= 15 is 0 Å². The summed E-state index contributed by atoms with van der Waals surface area (Å²) < 4.78 is 47.0. The van der Waals surface area contributed by atoms with Crippen molar-refractivity contribution in [2.24, 2.45) is 0 Å². The molecular formula is C16H11F3N4O4. The van der Waals surface area contributed by atoms with Crippen LogP contribution in [-0.4, -0.2) is 37.2 Å². The topological polar surface area (TPSA) is 99.4 Å². The summed E-state index contributed by atoms with van der Waals surface area (Å²) in [7, 11) is 0. The molecule has 3 aromatic rings. The number of carboxylic acid groups (broad SMARTS) is 1. The maximum Gasteiger partial charge on any atom is 0.573 e. The third-order valence-electron chi connectivity index (χ3n) is 3.20. The summed E-state index contributed by atoms with van der Waals surface area (Å²) in [6.45, 7) is -0.00360. The molecule has 8 nitrogen and oxygen atoms in total. The predicted molar refractivity (Wildman–Crippen MR) is 83.6 cm³/mol. The number of pyridine rings is 1. The lowest BCUT2D eigenvalue weighted by Crippen LogP contribution is -2.17. The minimum atomic E-state index is -4.75. The fourth-order valence-corrected chi connectivity index (χ4v) is 2.03. The molecule has 0 aliphatic rings. The van der Waals surface area contributed by atoms with Crippen molar-refractivity contribution >= 4 is 5.97 Å². The molecule has 2 aromatic heterocycles. The molecule has 0 aliphatic carbocycles. The number of aromatic carboxylic acids is 1. The lowest BCUT2D eigenvalue weighted by molar-refractivity contribution is -0.274. The summed E-state index contributed by atoms with van der Waals surface area (Å²) in [6.07, 6.45) is -2.11. The van der Waals surface area contributed by atoms with Crippen molar-refractivity contribution in [1.29, 1.82) is 0 Å². The fourth-order valence-electron chi connectivity index (χ4n) is 2.03. The number of ether oxygens (including phenoxy) is 2. The van der Waals surface area contributed by atoms with Crippen molar-refractivity contribution in [3.8, 4) is 17.2 Å². The Kier molecular flexibility index (Phi) is 4.92. The van der Waals surface area contributed by atoms with Gasteiger partial charge in [0, 0.05) is 0 Å².